The van der Waals surface area contributed by atoms with Crippen LogP contribution in [0.1, 0.15) is 22.0 Å². The van der Waals surface area contributed by atoms with E-state index in [1.54, 1.807) is 0 Å². The van der Waals surface area contributed by atoms with E-state index in [1.807, 2.05) is 7.05 Å². The van der Waals surface area contributed by atoms with Crippen molar-refractivity contribution in [2.45, 2.75) is 25.3 Å². The van der Waals surface area contributed by atoms with Gasteiger partial charge in [-0.15, -0.1) is 11.6 Å². The largest absolute Gasteiger partial charge is 0.303 e. The minimum absolute atomic E-state index is 0.350. The van der Waals surface area contributed by atoms with E-state index in [9.17, 15) is 0 Å². The molecule has 9 heavy (non-hydrogen) atoms. The van der Waals surface area contributed by atoms with Gasteiger partial charge in [0.25, 0.3) is 0 Å². The van der Waals surface area contributed by atoms with Crippen LogP contribution in [0.5, 0.6) is 0 Å². The quantitative estimate of drug-likeness (QED) is 0.541. The SMILES string of the molecule is [2H]C([2H])(Cl)C[C@H]1CCCN1C. The lowest BCUT2D eigenvalue weighted by molar-refractivity contribution is 0.305. The Labute approximate surface area is 64.8 Å². The number of rotatable bonds is 2. The Morgan fingerprint density at radius 1 is 1.89 bits per heavy atom. The fourth-order valence-electron chi connectivity index (χ4n) is 1.33. The standard InChI is InChI=1S/C7H14ClN/c1-9-6-2-3-7(9)4-5-8/h7H,2-6H2,1H3/t7-/m1/s1/i5D2. The van der Waals surface area contributed by atoms with Crippen molar-refractivity contribution in [3.05, 3.63) is 0 Å². The molecule has 1 atom stereocenters. The Kier molecular flexibility index (Phi) is 1.89. The van der Waals surface area contributed by atoms with Crippen molar-refractivity contribution in [1.29, 1.82) is 0 Å². The normalized spacial score (nSPS) is 34.2. The van der Waals surface area contributed by atoms with Crippen molar-refractivity contribution in [2.24, 2.45) is 0 Å². The second-order valence-electron chi connectivity index (χ2n) is 2.61. The van der Waals surface area contributed by atoms with Crippen LogP contribution < -0.4 is 0 Å². The smallest absolute Gasteiger partial charge is 0.0436 e. The summed E-state index contributed by atoms with van der Waals surface area (Å²) in [6.45, 7) is 1.08. The van der Waals surface area contributed by atoms with Crippen LogP contribution in [-0.4, -0.2) is 30.4 Å². The van der Waals surface area contributed by atoms with Crippen LogP contribution in [0.4, 0.5) is 0 Å². The van der Waals surface area contributed by atoms with E-state index in [0.29, 0.717) is 12.5 Å². The Bertz CT molecular complexity index is 135. The molecule has 1 rings (SSSR count). The van der Waals surface area contributed by atoms with Crippen LogP contribution in [-0.2, 0) is 0 Å². The summed E-state index contributed by atoms with van der Waals surface area (Å²) in [7, 11) is 2.03. The first-order valence-electron chi connectivity index (χ1n) is 4.38. The molecule has 0 aromatic rings. The lowest BCUT2D eigenvalue weighted by Crippen LogP contribution is -2.24. The van der Waals surface area contributed by atoms with E-state index >= 15 is 0 Å². The van der Waals surface area contributed by atoms with E-state index in [-0.39, 0.29) is 0 Å². The van der Waals surface area contributed by atoms with Gasteiger partial charge in [0.05, 0.1) is 0 Å². The van der Waals surface area contributed by atoms with Gasteiger partial charge in [0.1, 0.15) is 0 Å². The van der Waals surface area contributed by atoms with Gasteiger partial charge in [-0.25, -0.2) is 0 Å². The summed E-state index contributed by atoms with van der Waals surface area (Å²) in [6, 6.07) is 0.350. The summed E-state index contributed by atoms with van der Waals surface area (Å²) in [5, 5.41) is 0. The minimum atomic E-state index is -1.52. The maximum absolute atomic E-state index is 7.19. The highest BCUT2D eigenvalue weighted by Gasteiger charge is 2.19. The molecule has 0 bridgehead atoms. The lowest BCUT2D eigenvalue weighted by Gasteiger charge is -2.17. The predicted molar refractivity (Wildman–Crippen MR) is 41.0 cm³/mol. The molecule has 2 heteroatoms. The summed E-state index contributed by atoms with van der Waals surface area (Å²) < 4.78 is 14.4. The monoisotopic (exact) mass is 149 g/mol. The van der Waals surface area contributed by atoms with E-state index < -0.39 is 5.83 Å². The Morgan fingerprint density at radius 2 is 2.67 bits per heavy atom. The molecule has 0 aromatic heterocycles. The summed E-state index contributed by atoms with van der Waals surface area (Å²) in [5.41, 5.74) is 0. The first-order valence-corrected chi connectivity index (χ1v) is 3.76. The van der Waals surface area contributed by atoms with Crippen molar-refractivity contribution in [1.82, 2.24) is 4.90 Å². The van der Waals surface area contributed by atoms with E-state index in [0.717, 1.165) is 13.0 Å². The van der Waals surface area contributed by atoms with Crippen molar-refractivity contribution < 1.29 is 2.74 Å². The number of halogens is 1. The third kappa shape index (κ3) is 1.84. The molecule has 0 saturated carbocycles. The molecule has 0 N–H and O–H groups in total. The van der Waals surface area contributed by atoms with Crippen LogP contribution in [0.25, 0.3) is 0 Å². The Hall–Kier alpha value is 0.250. The number of nitrogens with zero attached hydrogens (tertiary/aromatic N) is 1. The molecule has 0 aromatic carbocycles. The number of hydrogen-bond acceptors (Lipinski definition) is 1. The number of likely N-dealkylation sites (tertiary alicyclic amines) is 1. The maximum Gasteiger partial charge on any atom is 0.0436 e. The third-order valence-corrected chi connectivity index (χ3v) is 2.14. The zero-order valence-electron chi connectivity index (χ0n) is 7.73. The molecule has 0 unspecified atom stereocenters. The molecule has 1 heterocycles. The van der Waals surface area contributed by atoms with E-state index in [2.05, 4.69) is 4.90 Å². The Morgan fingerprint density at radius 3 is 3.11 bits per heavy atom. The highest BCUT2D eigenvalue weighted by molar-refractivity contribution is 6.17. The van der Waals surface area contributed by atoms with Crippen LogP contribution in [0, 0.1) is 0 Å². The molecule has 0 amide bonds. The van der Waals surface area contributed by atoms with Crippen LogP contribution in [0.3, 0.4) is 0 Å². The topological polar surface area (TPSA) is 3.24 Å². The molecule has 0 aliphatic carbocycles. The number of hydrogen-bond donors (Lipinski definition) is 0. The zero-order valence-corrected chi connectivity index (χ0v) is 6.49. The van der Waals surface area contributed by atoms with Gasteiger partial charge in [0.15, 0.2) is 0 Å². The van der Waals surface area contributed by atoms with Crippen LogP contribution in [0.2, 0.25) is 0 Å². The fraction of sp³-hybridized carbons (Fsp3) is 1.00. The zero-order chi connectivity index (χ0) is 8.48. The van der Waals surface area contributed by atoms with E-state index in [1.165, 1.54) is 6.42 Å². The fourth-order valence-corrected chi connectivity index (χ4v) is 1.50. The molecule has 1 nitrogen and oxygen atoms in total. The summed E-state index contributed by atoms with van der Waals surface area (Å²) >= 11 is 5.49. The predicted octanol–water partition coefficient (Wildman–Crippen LogP) is 1.71. The number of alkyl halides is 1. The molecule has 1 aliphatic heterocycles. The molecule has 1 saturated heterocycles. The third-order valence-electron chi connectivity index (χ3n) is 1.98. The van der Waals surface area contributed by atoms with Gasteiger partial charge in [-0.05, 0) is 32.9 Å². The van der Waals surface area contributed by atoms with Gasteiger partial charge in [-0.3, -0.25) is 0 Å². The van der Waals surface area contributed by atoms with Crippen LogP contribution >= 0.6 is 11.6 Å². The molecule has 1 fully saturated rings. The van der Waals surface area contributed by atoms with Crippen molar-refractivity contribution in [3.8, 4) is 0 Å². The van der Waals surface area contributed by atoms with Gasteiger partial charge in [-0.2, -0.15) is 0 Å². The van der Waals surface area contributed by atoms with Crippen molar-refractivity contribution in [2.75, 3.05) is 19.4 Å². The molecular formula is C7H14ClN. The Balaban J connectivity index is 2.37. The second-order valence-corrected chi connectivity index (χ2v) is 2.88. The first-order chi connectivity index (χ1) is 4.99. The highest BCUT2D eigenvalue weighted by atomic mass is 35.5. The lowest BCUT2D eigenvalue weighted by atomic mass is 10.2. The molecular weight excluding hydrogens is 134 g/mol. The van der Waals surface area contributed by atoms with E-state index in [4.69, 9.17) is 14.3 Å². The summed E-state index contributed by atoms with van der Waals surface area (Å²) in [6.07, 6.45) is 2.71. The second kappa shape index (κ2) is 3.43. The van der Waals surface area contributed by atoms with Gasteiger partial charge in [-0.1, -0.05) is 0 Å². The molecule has 54 valence electrons. The van der Waals surface area contributed by atoms with Gasteiger partial charge in [0.2, 0.25) is 0 Å². The minimum Gasteiger partial charge on any atom is -0.303 e. The summed E-state index contributed by atoms with van der Waals surface area (Å²) in [5.74, 6) is -1.52. The van der Waals surface area contributed by atoms with Gasteiger partial charge >= 0.3 is 0 Å². The van der Waals surface area contributed by atoms with Gasteiger partial charge in [0, 0.05) is 14.6 Å². The first kappa shape index (κ1) is 4.97. The maximum atomic E-state index is 7.19. The average molecular weight is 150 g/mol. The summed E-state index contributed by atoms with van der Waals surface area (Å²) in [4.78, 5) is 2.18. The van der Waals surface area contributed by atoms with Crippen molar-refractivity contribution >= 4 is 11.6 Å². The highest BCUT2D eigenvalue weighted by Crippen LogP contribution is 2.17. The molecule has 0 radical (unpaired) electrons. The van der Waals surface area contributed by atoms with Crippen LogP contribution in [0.15, 0.2) is 0 Å². The molecule has 0 spiro atoms. The average Bonchev–Trinajstić information content (AvgIpc) is 2.12. The van der Waals surface area contributed by atoms with Gasteiger partial charge < -0.3 is 4.90 Å². The molecule has 1 aliphatic rings. The van der Waals surface area contributed by atoms with Crippen molar-refractivity contribution in [3.63, 3.8) is 0 Å².